The number of anilines is 1. The van der Waals surface area contributed by atoms with Gasteiger partial charge in [0, 0.05) is 11.3 Å². The van der Waals surface area contributed by atoms with Crippen molar-refractivity contribution in [3.63, 3.8) is 0 Å². The Morgan fingerprint density at radius 1 is 1.22 bits per heavy atom. The molecule has 0 radical (unpaired) electrons. The molecule has 0 aliphatic carbocycles. The summed E-state index contributed by atoms with van der Waals surface area (Å²) in [7, 11) is 0. The number of aryl methyl sites for hydroxylation is 1. The first-order chi connectivity index (χ1) is 11.2. The third-order valence-electron chi connectivity index (χ3n) is 3.61. The summed E-state index contributed by atoms with van der Waals surface area (Å²) in [6.07, 6.45) is 1.85. The highest BCUT2D eigenvalue weighted by molar-refractivity contribution is 6.07. The lowest BCUT2D eigenvalue weighted by Gasteiger charge is -2.20. The quantitative estimate of drug-likeness (QED) is 0.934. The van der Waals surface area contributed by atoms with Gasteiger partial charge in [0.2, 0.25) is 0 Å². The molecular formula is C19H19NO3. The number of hydrogen-bond acceptors (Lipinski definition) is 3. The molecule has 0 bridgehead atoms. The molecule has 0 saturated heterocycles. The Kier molecular flexibility index (Phi) is 4.33. The second-order valence-corrected chi connectivity index (χ2v) is 5.39. The maximum absolute atomic E-state index is 12.4. The van der Waals surface area contributed by atoms with E-state index in [0.29, 0.717) is 23.7 Å². The van der Waals surface area contributed by atoms with Gasteiger partial charge in [0.15, 0.2) is 11.5 Å². The fourth-order valence-electron chi connectivity index (χ4n) is 2.43. The van der Waals surface area contributed by atoms with Crippen molar-refractivity contribution in [2.24, 2.45) is 0 Å². The minimum atomic E-state index is -0.152. The van der Waals surface area contributed by atoms with Crippen molar-refractivity contribution < 1.29 is 14.3 Å². The van der Waals surface area contributed by atoms with Crippen LogP contribution in [0.4, 0.5) is 5.69 Å². The SMILES string of the molecule is CCOc1cccc2c1OCC(C(=O)Nc1ccc(C)cc1)=C2. The molecule has 1 amide bonds. The van der Waals surface area contributed by atoms with Gasteiger partial charge in [0.25, 0.3) is 5.91 Å². The van der Waals surface area contributed by atoms with Gasteiger partial charge in [0.1, 0.15) is 6.61 Å². The number of benzene rings is 2. The molecule has 0 fully saturated rings. The Labute approximate surface area is 135 Å². The number of amides is 1. The van der Waals surface area contributed by atoms with Gasteiger partial charge in [-0.25, -0.2) is 0 Å². The summed E-state index contributed by atoms with van der Waals surface area (Å²) in [4.78, 5) is 12.4. The van der Waals surface area contributed by atoms with Crippen LogP contribution in [0.5, 0.6) is 11.5 Å². The molecule has 1 N–H and O–H groups in total. The van der Waals surface area contributed by atoms with Crippen LogP contribution in [0.25, 0.3) is 6.08 Å². The van der Waals surface area contributed by atoms with Gasteiger partial charge in [0.05, 0.1) is 12.2 Å². The van der Waals surface area contributed by atoms with Gasteiger partial charge in [-0.05, 0) is 38.1 Å². The molecule has 1 aliphatic heterocycles. The Morgan fingerprint density at radius 3 is 2.74 bits per heavy atom. The molecule has 1 aliphatic rings. The zero-order chi connectivity index (χ0) is 16.2. The average molecular weight is 309 g/mol. The van der Waals surface area contributed by atoms with Crippen LogP contribution in [0.1, 0.15) is 18.1 Å². The third kappa shape index (κ3) is 3.37. The van der Waals surface area contributed by atoms with Crippen LogP contribution in [0.3, 0.4) is 0 Å². The van der Waals surface area contributed by atoms with E-state index in [1.807, 2.05) is 62.4 Å². The van der Waals surface area contributed by atoms with Crippen molar-refractivity contribution in [2.45, 2.75) is 13.8 Å². The van der Waals surface area contributed by atoms with Crippen LogP contribution < -0.4 is 14.8 Å². The van der Waals surface area contributed by atoms with E-state index >= 15 is 0 Å². The van der Waals surface area contributed by atoms with E-state index in [-0.39, 0.29) is 12.5 Å². The molecule has 0 aromatic heterocycles. The normalized spacial score (nSPS) is 12.7. The van der Waals surface area contributed by atoms with E-state index in [2.05, 4.69) is 5.32 Å². The fraction of sp³-hybridized carbons (Fsp3) is 0.211. The molecule has 2 aromatic rings. The Hall–Kier alpha value is -2.75. The molecule has 1 heterocycles. The molecule has 0 spiro atoms. The number of carbonyl (C=O) groups excluding carboxylic acids is 1. The van der Waals surface area contributed by atoms with Crippen molar-refractivity contribution in [2.75, 3.05) is 18.5 Å². The minimum Gasteiger partial charge on any atom is -0.490 e. The number of ether oxygens (including phenoxy) is 2. The summed E-state index contributed by atoms with van der Waals surface area (Å²) in [5.74, 6) is 1.25. The van der Waals surface area contributed by atoms with Crippen molar-refractivity contribution in [1.29, 1.82) is 0 Å². The molecule has 4 nitrogen and oxygen atoms in total. The Balaban J connectivity index is 1.80. The molecule has 0 unspecified atom stereocenters. The smallest absolute Gasteiger partial charge is 0.255 e. The average Bonchev–Trinajstić information content (AvgIpc) is 2.57. The highest BCUT2D eigenvalue weighted by atomic mass is 16.5. The first-order valence-electron chi connectivity index (χ1n) is 7.64. The summed E-state index contributed by atoms with van der Waals surface area (Å²) in [6, 6.07) is 13.4. The van der Waals surface area contributed by atoms with Gasteiger partial charge in [-0.3, -0.25) is 4.79 Å². The van der Waals surface area contributed by atoms with Crippen molar-refractivity contribution in [1.82, 2.24) is 0 Å². The lowest BCUT2D eigenvalue weighted by Crippen LogP contribution is -2.21. The molecule has 0 saturated carbocycles. The van der Waals surface area contributed by atoms with Gasteiger partial charge in [-0.1, -0.05) is 29.8 Å². The number of rotatable bonds is 4. The van der Waals surface area contributed by atoms with Crippen LogP contribution in [-0.2, 0) is 4.79 Å². The Bertz CT molecular complexity index is 748. The van der Waals surface area contributed by atoms with Gasteiger partial charge >= 0.3 is 0 Å². The van der Waals surface area contributed by atoms with E-state index in [1.54, 1.807) is 0 Å². The third-order valence-corrected chi connectivity index (χ3v) is 3.61. The first-order valence-corrected chi connectivity index (χ1v) is 7.64. The van der Waals surface area contributed by atoms with Crippen molar-refractivity contribution >= 4 is 17.7 Å². The number of para-hydroxylation sites is 1. The molecule has 23 heavy (non-hydrogen) atoms. The van der Waals surface area contributed by atoms with Crippen LogP contribution >= 0.6 is 0 Å². The zero-order valence-corrected chi connectivity index (χ0v) is 13.3. The zero-order valence-electron chi connectivity index (χ0n) is 13.3. The molecule has 3 rings (SSSR count). The van der Waals surface area contributed by atoms with Crippen LogP contribution in [0.15, 0.2) is 48.0 Å². The maximum atomic E-state index is 12.4. The van der Waals surface area contributed by atoms with E-state index < -0.39 is 0 Å². The van der Waals surface area contributed by atoms with E-state index in [9.17, 15) is 4.79 Å². The van der Waals surface area contributed by atoms with Crippen LogP contribution in [0, 0.1) is 6.92 Å². The predicted octanol–water partition coefficient (Wildman–Crippen LogP) is 3.81. The molecule has 2 aromatic carbocycles. The molecule has 4 heteroatoms. The number of nitrogens with one attached hydrogen (secondary N) is 1. The summed E-state index contributed by atoms with van der Waals surface area (Å²) in [5, 5.41) is 2.89. The van der Waals surface area contributed by atoms with Gasteiger partial charge in [-0.15, -0.1) is 0 Å². The Morgan fingerprint density at radius 2 is 2.00 bits per heavy atom. The fourth-order valence-corrected chi connectivity index (χ4v) is 2.43. The van der Waals surface area contributed by atoms with E-state index in [1.165, 1.54) is 0 Å². The lowest BCUT2D eigenvalue weighted by atomic mass is 10.1. The molecule has 0 atom stereocenters. The van der Waals surface area contributed by atoms with Crippen molar-refractivity contribution in [3.8, 4) is 11.5 Å². The number of carbonyl (C=O) groups is 1. The highest BCUT2D eigenvalue weighted by Crippen LogP contribution is 2.35. The monoisotopic (exact) mass is 309 g/mol. The standard InChI is InChI=1S/C19H19NO3/c1-3-22-17-6-4-5-14-11-15(12-23-18(14)17)19(21)20-16-9-7-13(2)8-10-16/h4-11H,3,12H2,1-2H3,(H,20,21). The van der Waals surface area contributed by atoms with Crippen molar-refractivity contribution in [3.05, 3.63) is 59.2 Å². The molecular weight excluding hydrogens is 290 g/mol. The number of fused-ring (bicyclic) bond motifs is 1. The van der Waals surface area contributed by atoms with Gasteiger partial charge in [-0.2, -0.15) is 0 Å². The summed E-state index contributed by atoms with van der Waals surface area (Å²) in [5.41, 5.74) is 3.37. The maximum Gasteiger partial charge on any atom is 0.255 e. The minimum absolute atomic E-state index is 0.152. The summed E-state index contributed by atoms with van der Waals surface area (Å²) >= 11 is 0. The van der Waals surface area contributed by atoms with Crippen LogP contribution in [0.2, 0.25) is 0 Å². The second-order valence-electron chi connectivity index (χ2n) is 5.39. The summed E-state index contributed by atoms with van der Waals surface area (Å²) < 4.78 is 11.3. The molecule has 118 valence electrons. The topological polar surface area (TPSA) is 47.6 Å². The lowest BCUT2D eigenvalue weighted by molar-refractivity contribution is -0.113. The second kappa shape index (κ2) is 6.57. The first kappa shape index (κ1) is 15.2. The van der Waals surface area contributed by atoms with Crippen LogP contribution in [-0.4, -0.2) is 19.1 Å². The highest BCUT2D eigenvalue weighted by Gasteiger charge is 2.20. The number of hydrogen-bond donors (Lipinski definition) is 1. The van der Waals surface area contributed by atoms with E-state index in [4.69, 9.17) is 9.47 Å². The van der Waals surface area contributed by atoms with Gasteiger partial charge < -0.3 is 14.8 Å². The van der Waals surface area contributed by atoms with E-state index in [0.717, 1.165) is 16.8 Å². The predicted molar refractivity (Wildman–Crippen MR) is 90.9 cm³/mol. The largest absolute Gasteiger partial charge is 0.490 e. The summed E-state index contributed by atoms with van der Waals surface area (Å²) in [6.45, 7) is 4.74.